The summed E-state index contributed by atoms with van der Waals surface area (Å²) in [6.45, 7) is 2.20. The number of aryl methyl sites for hydroxylation is 1. The zero-order chi connectivity index (χ0) is 13.8. The number of hydrogen-bond acceptors (Lipinski definition) is 5. The summed E-state index contributed by atoms with van der Waals surface area (Å²) in [6.07, 6.45) is 2.17. The van der Waals surface area contributed by atoms with Crippen LogP contribution in [0.3, 0.4) is 0 Å². The van der Waals surface area contributed by atoms with Crippen molar-refractivity contribution in [2.45, 2.75) is 13.3 Å². The van der Waals surface area contributed by atoms with Crippen molar-refractivity contribution in [1.29, 1.82) is 0 Å². The zero-order valence-corrected chi connectivity index (χ0v) is 11.8. The maximum absolute atomic E-state index is 11.0. The zero-order valence-electron chi connectivity index (χ0n) is 10.2. The number of aromatic nitrogens is 1. The van der Waals surface area contributed by atoms with Crippen LogP contribution in [0, 0.1) is 17.0 Å². The summed E-state index contributed by atoms with van der Waals surface area (Å²) >= 11 is 3.22. The average molecular weight is 326 g/mol. The van der Waals surface area contributed by atoms with E-state index in [0.717, 1.165) is 5.76 Å². The predicted molar refractivity (Wildman–Crippen MR) is 74.2 cm³/mol. The van der Waals surface area contributed by atoms with Gasteiger partial charge in [-0.2, -0.15) is 0 Å². The lowest BCUT2D eigenvalue weighted by atomic mass is 10.2. The van der Waals surface area contributed by atoms with Gasteiger partial charge < -0.3 is 9.73 Å². The molecule has 0 atom stereocenters. The van der Waals surface area contributed by atoms with Crippen molar-refractivity contribution >= 4 is 27.4 Å². The van der Waals surface area contributed by atoms with Gasteiger partial charge in [-0.3, -0.25) is 10.1 Å². The van der Waals surface area contributed by atoms with Gasteiger partial charge in [0.2, 0.25) is 5.82 Å². The third kappa shape index (κ3) is 3.31. The second-order valence-corrected chi connectivity index (χ2v) is 4.75. The molecule has 0 saturated heterocycles. The van der Waals surface area contributed by atoms with Crippen LogP contribution in [-0.2, 0) is 6.42 Å². The SMILES string of the molecule is Cc1ccnc(NCCc2ccc(Br)o2)c1[N+](=O)[O-]. The van der Waals surface area contributed by atoms with Gasteiger partial charge >= 0.3 is 5.69 Å². The molecule has 0 aliphatic carbocycles. The molecule has 2 rings (SSSR count). The Kier molecular flexibility index (Phi) is 4.16. The standard InChI is InChI=1S/C12H12BrN3O3/c1-8-4-6-14-12(11(8)16(17)18)15-7-5-9-2-3-10(13)19-9/h2-4,6H,5,7H2,1H3,(H,14,15). The first kappa shape index (κ1) is 13.5. The van der Waals surface area contributed by atoms with Crippen molar-refractivity contribution in [2.75, 3.05) is 11.9 Å². The number of nitrogens with zero attached hydrogens (tertiary/aromatic N) is 2. The van der Waals surface area contributed by atoms with Gasteiger partial charge in [-0.15, -0.1) is 0 Å². The minimum atomic E-state index is -0.422. The molecule has 0 bridgehead atoms. The van der Waals surface area contributed by atoms with Crippen LogP contribution in [0.2, 0.25) is 0 Å². The Morgan fingerprint density at radius 3 is 2.89 bits per heavy atom. The highest BCUT2D eigenvalue weighted by atomic mass is 79.9. The van der Waals surface area contributed by atoms with Crippen LogP contribution in [0.5, 0.6) is 0 Å². The number of nitrogens with one attached hydrogen (secondary N) is 1. The number of furan rings is 1. The number of hydrogen-bond donors (Lipinski definition) is 1. The summed E-state index contributed by atoms with van der Waals surface area (Å²) in [5, 5.41) is 13.9. The maximum atomic E-state index is 11.0. The number of rotatable bonds is 5. The fraction of sp³-hybridized carbons (Fsp3) is 0.250. The molecule has 0 unspecified atom stereocenters. The molecule has 6 nitrogen and oxygen atoms in total. The van der Waals surface area contributed by atoms with E-state index in [0.29, 0.717) is 23.2 Å². The van der Waals surface area contributed by atoms with E-state index >= 15 is 0 Å². The van der Waals surface area contributed by atoms with E-state index in [9.17, 15) is 10.1 Å². The van der Waals surface area contributed by atoms with E-state index in [1.165, 1.54) is 0 Å². The Hall–Kier alpha value is -1.89. The van der Waals surface area contributed by atoms with E-state index in [4.69, 9.17) is 4.42 Å². The van der Waals surface area contributed by atoms with E-state index in [-0.39, 0.29) is 11.5 Å². The van der Waals surface area contributed by atoms with E-state index < -0.39 is 4.92 Å². The van der Waals surface area contributed by atoms with Crippen LogP contribution in [-0.4, -0.2) is 16.5 Å². The lowest BCUT2D eigenvalue weighted by Gasteiger charge is -2.06. The molecule has 2 aromatic heterocycles. The molecule has 0 amide bonds. The first-order valence-electron chi connectivity index (χ1n) is 5.66. The maximum Gasteiger partial charge on any atom is 0.314 e. The third-order valence-electron chi connectivity index (χ3n) is 2.60. The van der Waals surface area contributed by atoms with Crippen LogP contribution in [0.15, 0.2) is 33.5 Å². The Bertz CT molecular complexity index is 598. The lowest BCUT2D eigenvalue weighted by Crippen LogP contribution is -2.08. The summed E-state index contributed by atoms with van der Waals surface area (Å²) < 4.78 is 6.01. The van der Waals surface area contributed by atoms with Crippen molar-refractivity contribution in [2.24, 2.45) is 0 Å². The molecule has 2 heterocycles. The molecule has 7 heteroatoms. The van der Waals surface area contributed by atoms with Crippen LogP contribution in [0.1, 0.15) is 11.3 Å². The topological polar surface area (TPSA) is 81.2 Å². The van der Waals surface area contributed by atoms with Crippen LogP contribution in [0.4, 0.5) is 11.5 Å². The highest BCUT2D eigenvalue weighted by Gasteiger charge is 2.17. The van der Waals surface area contributed by atoms with Crippen molar-refractivity contribution in [3.8, 4) is 0 Å². The van der Waals surface area contributed by atoms with Gasteiger partial charge in [-0.1, -0.05) is 0 Å². The van der Waals surface area contributed by atoms with Gasteiger partial charge in [-0.05, 0) is 41.1 Å². The molecular weight excluding hydrogens is 314 g/mol. The fourth-order valence-electron chi connectivity index (χ4n) is 1.70. The molecule has 0 radical (unpaired) electrons. The van der Waals surface area contributed by atoms with Crippen molar-refractivity contribution in [3.63, 3.8) is 0 Å². The van der Waals surface area contributed by atoms with Gasteiger partial charge in [0.15, 0.2) is 4.67 Å². The lowest BCUT2D eigenvalue weighted by molar-refractivity contribution is -0.384. The van der Waals surface area contributed by atoms with Crippen molar-refractivity contribution < 1.29 is 9.34 Å². The first-order chi connectivity index (χ1) is 9.08. The Labute approximate surface area is 118 Å². The van der Waals surface area contributed by atoms with Gasteiger partial charge in [0, 0.05) is 24.7 Å². The number of halogens is 1. The summed E-state index contributed by atoms with van der Waals surface area (Å²) in [5.74, 6) is 1.09. The van der Waals surface area contributed by atoms with E-state index in [1.54, 1.807) is 19.2 Å². The minimum Gasteiger partial charge on any atom is -0.454 e. The Balaban J connectivity index is 2.03. The number of pyridine rings is 1. The second kappa shape index (κ2) is 5.83. The highest BCUT2D eigenvalue weighted by Crippen LogP contribution is 2.25. The van der Waals surface area contributed by atoms with Crippen LogP contribution in [0.25, 0.3) is 0 Å². The van der Waals surface area contributed by atoms with E-state index in [2.05, 4.69) is 26.2 Å². The molecule has 0 aliphatic rings. The Morgan fingerprint density at radius 1 is 1.47 bits per heavy atom. The summed E-state index contributed by atoms with van der Waals surface area (Å²) in [5.41, 5.74) is 0.603. The van der Waals surface area contributed by atoms with Crippen LogP contribution < -0.4 is 5.32 Å². The summed E-state index contributed by atoms with van der Waals surface area (Å²) in [6, 6.07) is 5.28. The predicted octanol–water partition coefficient (Wildman–Crippen LogP) is 3.31. The summed E-state index contributed by atoms with van der Waals surface area (Å²) in [4.78, 5) is 14.6. The largest absolute Gasteiger partial charge is 0.454 e. The molecule has 2 aromatic rings. The molecule has 0 aromatic carbocycles. The van der Waals surface area contributed by atoms with Gasteiger partial charge in [0.25, 0.3) is 0 Å². The quantitative estimate of drug-likeness (QED) is 0.673. The molecule has 1 N–H and O–H groups in total. The first-order valence-corrected chi connectivity index (χ1v) is 6.45. The highest BCUT2D eigenvalue weighted by molar-refractivity contribution is 9.10. The molecule has 0 saturated carbocycles. The monoisotopic (exact) mass is 325 g/mol. The molecule has 0 spiro atoms. The van der Waals surface area contributed by atoms with E-state index in [1.807, 2.05) is 12.1 Å². The summed E-state index contributed by atoms with van der Waals surface area (Å²) in [7, 11) is 0. The number of anilines is 1. The Morgan fingerprint density at radius 2 is 2.26 bits per heavy atom. The van der Waals surface area contributed by atoms with Crippen molar-refractivity contribution in [1.82, 2.24) is 4.98 Å². The molecular formula is C12H12BrN3O3. The average Bonchev–Trinajstić information content (AvgIpc) is 2.74. The van der Waals surface area contributed by atoms with Gasteiger partial charge in [-0.25, -0.2) is 4.98 Å². The molecule has 0 aliphatic heterocycles. The second-order valence-electron chi connectivity index (χ2n) is 3.96. The molecule has 100 valence electrons. The number of nitro groups is 1. The van der Waals surface area contributed by atoms with Gasteiger partial charge in [0.05, 0.1) is 4.92 Å². The smallest absolute Gasteiger partial charge is 0.314 e. The third-order valence-corrected chi connectivity index (χ3v) is 3.03. The molecule has 0 fully saturated rings. The normalized spacial score (nSPS) is 10.4. The van der Waals surface area contributed by atoms with Gasteiger partial charge in [0.1, 0.15) is 5.76 Å². The molecule has 19 heavy (non-hydrogen) atoms. The minimum absolute atomic E-state index is 0.0168. The van der Waals surface area contributed by atoms with Crippen molar-refractivity contribution in [3.05, 3.63) is 50.5 Å². The fourth-order valence-corrected chi connectivity index (χ4v) is 2.04. The van der Waals surface area contributed by atoms with Crippen LogP contribution >= 0.6 is 15.9 Å².